The van der Waals surface area contributed by atoms with E-state index in [1.165, 1.54) is 0 Å². The molecule has 0 spiro atoms. The average molecular weight is 365 g/mol. The van der Waals surface area contributed by atoms with E-state index in [-0.39, 0.29) is 29.3 Å². The molecule has 0 aromatic heterocycles. The van der Waals surface area contributed by atoms with Crippen molar-refractivity contribution in [2.24, 2.45) is 0 Å². The average Bonchev–Trinajstić information content (AvgIpc) is 2.13. The molecule has 0 atom stereocenters. The van der Waals surface area contributed by atoms with Gasteiger partial charge in [0, 0.05) is 11.6 Å². The Hall–Kier alpha value is -1.51. The van der Waals surface area contributed by atoms with Gasteiger partial charge in [0.05, 0.1) is 0 Å². The summed E-state index contributed by atoms with van der Waals surface area (Å²) in [5, 5.41) is 0. The van der Waals surface area contributed by atoms with Crippen LogP contribution in [0, 0.1) is 12.8 Å². The van der Waals surface area contributed by atoms with Gasteiger partial charge in [0.1, 0.15) is 11.6 Å². The van der Waals surface area contributed by atoms with Gasteiger partial charge in [-0.1, -0.05) is 0 Å². The zero-order valence-electron chi connectivity index (χ0n) is 10.4. The minimum atomic E-state index is -4.92. The second-order valence-corrected chi connectivity index (χ2v) is 3.23. The Morgan fingerprint density at radius 1 is 0.667 bits per heavy atom. The molecule has 0 saturated heterocycles. The summed E-state index contributed by atoms with van der Waals surface area (Å²) in [4.78, 5) is 39.6. The van der Waals surface area contributed by atoms with E-state index in [1.807, 2.05) is 0 Å². The maximum Gasteiger partial charge on any atom is 2.00 e. The predicted molar refractivity (Wildman–Crippen MR) is 52.1 cm³/mol. The second-order valence-electron chi connectivity index (χ2n) is 3.23. The van der Waals surface area contributed by atoms with Gasteiger partial charge in [-0.3, -0.25) is 12.8 Å². The molecule has 0 rings (SSSR count). The van der Waals surface area contributed by atoms with Crippen molar-refractivity contribution in [1.82, 2.24) is 0 Å². The van der Waals surface area contributed by atoms with Crippen LogP contribution >= 0.6 is 0 Å². The topological polar surface area (TPSA) is 68.3 Å². The molecule has 0 bridgehead atoms. The van der Waals surface area contributed by atoms with Crippen LogP contribution in [0.5, 0.6) is 0 Å². The predicted octanol–water partition coefficient (Wildman–Crippen LogP) is 1.82. The van der Waals surface area contributed by atoms with Crippen LogP contribution in [0.15, 0.2) is 0 Å². The number of Topliss-reactive ketones (excluding diaryl/α,β-unsaturated/α-hetero) is 4. The van der Waals surface area contributed by atoms with E-state index >= 15 is 0 Å². The van der Waals surface area contributed by atoms with E-state index in [9.17, 15) is 45.5 Å². The first kappa shape index (κ1) is 24.5. The Morgan fingerprint density at radius 2 is 0.857 bits per heavy atom. The summed E-state index contributed by atoms with van der Waals surface area (Å²) in [5.74, 6) is -6.02. The molecule has 0 radical (unpaired) electrons. The Kier molecular flexibility index (Phi) is 11.0. The maximum absolute atomic E-state index is 11.3. The monoisotopic (exact) mass is 364 g/mol. The molecule has 0 heterocycles. The minimum Gasteiger partial charge on any atom is -0.334 e. The van der Waals surface area contributed by atoms with E-state index < -0.39 is 35.5 Å². The third-order valence-electron chi connectivity index (χ3n) is 1.23. The molecular weight excluding hydrogens is 357 g/mol. The molecule has 0 aliphatic carbocycles. The van der Waals surface area contributed by atoms with Crippen LogP contribution in [0.1, 0.15) is 13.8 Å². The Bertz CT molecular complexity index is 361. The van der Waals surface area contributed by atoms with E-state index in [0.717, 1.165) is 13.8 Å². The first-order valence-electron chi connectivity index (χ1n) is 4.61. The molecule has 0 aromatic carbocycles. The van der Waals surface area contributed by atoms with Crippen LogP contribution in [0.3, 0.4) is 0 Å². The summed E-state index contributed by atoms with van der Waals surface area (Å²) in [7, 11) is 0. The van der Waals surface area contributed by atoms with Crippen molar-refractivity contribution in [2.75, 3.05) is 0 Å². The molecule has 0 fully saturated rings. The van der Waals surface area contributed by atoms with Gasteiger partial charge in [0.2, 0.25) is 0 Å². The standard InChI is InChI=1S/2C5H4F3O2.Ni/c2*1-3(9)2-4(10)5(6,7)8;/h2*2H,1H3;/q2*-1;+2. The first-order valence-corrected chi connectivity index (χ1v) is 4.61. The van der Waals surface area contributed by atoms with Crippen molar-refractivity contribution in [3.63, 3.8) is 0 Å². The van der Waals surface area contributed by atoms with Crippen molar-refractivity contribution in [3.05, 3.63) is 12.8 Å². The molecule has 0 aliphatic heterocycles. The fraction of sp³-hybridized carbons (Fsp3) is 0.400. The van der Waals surface area contributed by atoms with E-state index in [2.05, 4.69) is 0 Å². The van der Waals surface area contributed by atoms with Gasteiger partial charge in [-0.2, -0.15) is 26.3 Å². The Morgan fingerprint density at radius 3 is 0.905 bits per heavy atom. The molecule has 124 valence electrons. The van der Waals surface area contributed by atoms with Crippen molar-refractivity contribution < 1.29 is 62.0 Å². The Labute approximate surface area is 125 Å². The largest absolute Gasteiger partial charge is 2.00 e. The summed E-state index contributed by atoms with van der Waals surface area (Å²) in [6.45, 7) is 1.76. The van der Waals surface area contributed by atoms with Gasteiger partial charge >= 0.3 is 28.8 Å². The number of carbonyl (C=O) groups excluding carboxylic acids is 4. The molecule has 4 nitrogen and oxygen atoms in total. The summed E-state index contributed by atoms with van der Waals surface area (Å²) in [6, 6.07) is 0. The molecular formula is C10H8F6NiO4. The Balaban J connectivity index is -0.000000295. The van der Waals surface area contributed by atoms with Gasteiger partial charge in [-0.25, -0.2) is 0 Å². The molecule has 0 N–H and O–H groups in total. The van der Waals surface area contributed by atoms with Crippen molar-refractivity contribution in [3.8, 4) is 0 Å². The van der Waals surface area contributed by atoms with E-state index in [1.54, 1.807) is 0 Å². The first-order chi connectivity index (χ1) is 8.67. The number of halogens is 6. The minimum absolute atomic E-state index is 0. The maximum atomic E-state index is 11.3. The molecule has 11 heteroatoms. The quantitative estimate of drug-likeness (QED) is 0.330. The third-order valence-corrected chi connectivity index (χ3v) is 1.23. The van der Waals surface area contributed by atoms with Crippen LogP contribution in [-0.2, 0) is 35.7 Å². The number of carbonyl (C=O) groups is 4. The summed E-state index contributed by atoms with van der Waals surface area (Å²) in [6.07, 6.45) is -9.82. The van der Waals surface area contributed by atoms with Crippen molar-refractivity contribution in [2.45, 2.75) is 26.2 Å². The molecule has 0 amide bonds. The molecule has 0 aliphatic rings. The smallest absolute Gasteiger partial charge is 0.334 e. The van der Waals surface area contributed by atoms with Crippen LogP contribution in [0.4, 0.5) is 26.3 Å². The van der Waals surface area contributed by atoms with Crippen LogP contribution in [0.2, 0.25) is 0 Å². The van der Waals surface area contributed by atoms with Gasteiger partial charge in [0.25, 0.3) is 0 Å². The van der Waals surface area contributed by atoms with E-state index in [0.29, 0.717) is 0 Å². The SMILES string of the molecule is CC(=O)[CH-]C(=O)C(F)(F)F.CC(=O)[CH-]C(=O)C(F)(F)F.[Ni+2]. The number of alkyl halides is 6. The van der Waals surface area contributed by atoms with Gasteiger partial charge in [-0.15, -0.1) is 0 Å². The van der Waals surface area contributed by atoms with Crippen LogP contribution in [-0.4, -0.2) is 35.5 Å². The zero-order chi connectivity index (χ0) is 16.7. The summed E-state index contributed by atoms with van der Waals surface area (Å²) in [5.41, 5.74) is 0. The molecule has 21 heavy (non-hydrogen) atoms. The molecule has 0 unspecified atom stereocenters. The number of hydrogen-bond donors (Lipinski definition) is 0. The number of hydrogen-bond acceptors (Lipinski definition) is 4. The van der Waals surface area contributed by atoms with Gasteiger partial charge in [-0.05, 0) is 13.8 Å². The zero-order valence-corrected chi connectivity index (χ0v) is 11.4. The normalized spacial score (nSPS) is 10.3. The van der Waals surface area contributed by atoms with Crippen molar-refractivity contribution >= 4 is 23.1 Å². The van der Waals surface area contributed by atoms with Gasteiger partial charge < -0.3 is 19.2 Å². The fourth-order valence-electron chi connectivity index (χ4n) is 0.533. The van der Waals surface area contributed by atoms with Crippen molar-refractivity contribution in [1.29, 1.82) is 0 Å². The second kappa shape index (κ2) is 9.43. The summed E-state index contributed by atoms with van der Waals surface area (Å²) >= 11 is 0. The van der Waals surface area contributed by atoms with Crippen LogP contribution in [0.25, 0.3) is 0 Å². The third kappa shape index (κ3) is 14.7. The fourth-order valence-corrected chi connectivity index (χ4v) is 0.533. The number of rotatable bonds is 4. The van der Waals surface area contributed by atoms with Crippen LogP contribution < -0.4 is 0 Å². The van der Waals surface area contributed by atoms with E-state index in [4.69, 9.17) is 0 Å². The molecule has 0 saturated carbocycles. The summed E-state index contributed by atoms with van der Waals surface area (Å²) < 4.78 is 67.7. The van der Waals surface area contributed by atoms with Gasteiger partial charge in [0.15, 0.2) is 0 Å². The number of ketones is 4. The molecule has 0 aromatic rings.